The van der Waals surface area contributed by atoms with Crippen molar-refractivity contribution in [3.8, 4) is 0 Å². The van der Waals surface area contributed by atoms with E-state index in [1.54, 1.807) is 13.0 Å². The molecule has 0 aliphatic rings. The van der Waals surface area contributed by atoms with E-state index >= 15 is 0 Å². The largest absolute Gasteiger partial charge is 2.00 e. The second-order valence-electron chi connectivity index (χ2n) is 15.4. The van der Waals surface area contributed by atoms with Crippen LogP contribution in [0, 0.1) is 0 Å². The number of allylic oxidation sites excluding steroid dienone is 1. The Balaban J connectivity index is -0.000000130. The summed E-state index contributed by atoms with van der Waals surface area (Å²) in [6.45, 7) is 43.1. The first kappa shape index (κ1) is 50.1. The summed E-state index contributed by atoms with van der Waals surface area (Å²) in [5.41, 5.74) is 0.755. The molecule has 1 rings (SSSR count). The number of benzene rings is 1. The predicted molar refractivity (Wildman–Crippen MR) is 202 cm³/mol. The van der Waals surface area contributed by atoms with E-state index in [0.29, 0.717) is 0 Å². The summed E-state index contributed by atoms with van der Waals surface area (Å²) >= 11 is 0. The van der Waals surface area contributed by atoms with Crippen molar-refractivity contribution < 1.29 is 5.11 Å². The summed E-state index contributed by atoms with van der Waals surface area (Å²) in [7, 11) is -6.64. The zero-order chi connectivity index (χ0) is 30.5. The molecule has 220 valence electrons. The van der Waals surface area contributed by atoms with Gasteiger partial charge in [0.05, 0.1) is 0 Å². The molecule has 0 unspecified atom stereocenters. The first-order valence-electron chi connectivity index (χ1n) is 13.6. The molecular weight excluding hydrogens is 599 g/mol. The quantitative estimate of drug-likeness (QED) is 0.212. The van der Waals surface area contributed by atoms with Crippen molar-refractivity contribution in [3.05, 3.63) is 55.9 Å². The molecule has 4 nitrogen and oxygen atoms in total. The van der Waals surface area contributed by atoms with E-state index in [2.05, 4.69) is 118 Å². The molecule has 0 aliphatic heterocycles. The van der Waals surface area contributed by atoms with Crippen LogP contribution >= 0.6 is 0 Å². The fraction of sp³-hybridized carbons (Fsp3) is 0.704. The van der Waals surface area contributed by atoms with E-state index in [0.717, 1.165) is 5.56 Å². The number of hydrogen-bond donors (Lipinski definition) is 0. The maximum atomic E-state index is 11.0. The van der Waals surface area contributed by atoms with Crippen molar-refractivity contribution in [2.75, 3.05) is 0 Å². The van der Waals surface area contributed by atoms with Gasteiger partial charge in [-0.15, -0.1) is 5.76 Å². The first-order valence-corrected chi connectivity index (χ1v) is 34.3. The number of rotatable bonds is 7. The van der Waals surface area contributed by atoms with Crippen molar-refractivity contribution >= 4 is 101 Å². The maximum Gasteiger partial charge on any atom is 2.00 e. The third-order valence-electron chi connectivity index (χ3n) is 3.33. The van der Waals surface area contributed by atoms with Crippen molar-refractivity contribution in [2.24, 2.45) is 0 Å². The second kappa shape index (κ2) is 21.2. The minimum absolute atomic E-state index is 0. The van der Waals surface area contributed by atoms with Gasteiger partial charge in [0.15, 0.2) is 0 Å². The predicted octanol–water partition coefficient (Wildman–Crippen LogP) is 9.74. The minimum Gasteiger partial charge on any atom is -0.872 e. The van der Waals surface area contributed by atoms with Gasteiger partial charge in [0.1, 0.15) is 0 Å². The summed E-state index contributed by atoms with van der Waals surface area (Å²) in [5.74, 6) is 0.0839. The average Bonchev–Trinajstić information content (AvgIpc) is 2.53. The van der Waals surface area contributed by atoms with Gasteiger partial charge >= 0.3 is 46.1 Å². The van der Waals surface area contributed by atoms with Gasteiger partial charge in [0, 0.05) is 0 Å². The molecule has 0 radical (unpaired) electrons. The SMILES string of the molecule is C/C=C(\[O-])c1ccccc1.C[Si](C)(C)[N-][Si](C)(C)C.C[Si](C)(C)[N-][Si](C)(C)C.C[Si](C)(C)[N-][Si](C)(C)C.[Mg+2].[Mg+2]. The minimum atomic E-state index is -1.11. The molecule has 1 aromatic rings. The third kappa shape index (κ3) is 49.5. The summed E-state index contributed by atoms with van der Waals surface area (Å²) in [4.78, 5) is 0. The Morgan fingerprint density at radius 2 is 0.692 bits per heavy atom. The van der Waals surface area contributed by atoms with Crippen LogP contribution in [0.1, 0.15) is 12.5 Å². The average molecular weight is 663 g/mol. The van der Waals surface area contributed by atoms with Gasteiger partial charge in [-0.1, -0.05) is 204 Å². The number of hydrogen-bond acceptors (Lipinski definition) is 1. The summed E-state index contributed by atoms with van der Waals surface area (Å²) in [6.07, 6.45) is 1.56. The van der Waals surface area contributed by atoms with Crippen molar-refractivity contribution in [3.63, 3.8) is 0 Å². The van der Waals surface area contributed by atoms with Crippen LogP contribution in [0.4, 0.5) is 0 Å². The van der Waals surface area contributed by atoms with Crippen LogP contribution in [0.3, 0.4) is 0 Å². The maximum absolute atomic E-state index is 11.0. The molecule has 0 aliphatic carbocycles. The van der Waals surface area contributed by atoms with Gasteiger partial charge in [-0.25, -0.2) is 0 Å². The molecule has 0 amide bonds. The van der Waals surface area contributed by atoms with Crippen LogP contribution in [0.5, 0.6) is 0 Å². The number of nitrogens with zero attached hydrogens (tertiary/aromatic N) is 3. The molecule has 0 aromatic heterocycles. The standard InChI is InChI=1S/C9H10O.3C6H18NSi2.2Mg/c1-2-9(10)8-6-4-3-5-7-8;3*1-8(2,3)7-9(4,5)6;;/h2-7,10H,1H3;3*1-6H3;;/q;3*-1;2*+2/p-1/b9-2-;;;;;. The van der Waals surface area contributed by atoms with E-state index < -0.39 is 49.4 Å². The fourth-order valence-electron chi connectivity index (χ4n) is 3.79. The van der Waals surface area contributed by atoms with Crippen molar-refractivity contribution in [1.82, 2.24) is 0 Å². The van der Waals surface area contributed by atoms with Crippen LogP contribution in [-0.2, 0) is 0 Å². The van der Waals surface area contributed by atoms with E-state index in [1.807, 2.05) is 30.3 Å². The molecule has 1 aromatic carbocycles. The molecule has 0 N–H and O–H groups in total. The van der Waals surface area contributed by atoms with Gasteiger partial charge in [0.25, 0.3) is 0 Å². The van der Waals surface area contributed by atoms with Crippen LogP contribution in [0.2, 0.25) is 118 Å². The Morgan fingerprint density at radius 1 is 0.487 bits per heavy atom. The van der Waals surface area contributed by atoms with Crippen molar-refractivity contribution in [1.29, 1.82) is 0 Å². The van der Waals surface area contributed by atoms with Gasteiger partial charge < -0.3 is 19.1 Å². The Hall–Kier alpha value is 1.47. The molecule has 0 atom stereocenters. The van der Waals surface area contributed by atoms with Crippen molar-refractivity contribution in [2.45, 2.75) is 125 Å². The molecule has 0 saturated heterocycles. The van der Waals surface area contributed by atoms with Crippen LogP contribution in [0.15, 0.2) is 36.4 Å². The molecule has 0 bridgehead atoms. The monoisotopic (exact) mass is 661 g/mol. The molecule has 39 heavy (non-hydrogen) atoms. The van der Waals surface area contributed by atoms with E-state index in [9.17, 15) is 5.11 Å². The van der Waals surface area contributed by atoms with Crippen LogP contribution in [-0.4, -0.2) is 95.5 Å². The normalized spacial score (nSPS) is 12.6. The molecule has 0 saturated carbocycles. The van der Waals surface area contributed by atoms with Gasteiger partial charge in [-0.3, -0.25) is 0 Å². The summed E-state index contributed by atoms with van der Waals surface area (Å²) < 4.78 is 14.5. The molecular formula is C27H63Mg2N3OSi6. The smallest absolute Gasteiger partial charge is 0.872 e. The molecule has 12 heteroatoms. The Labute approximate surface area is 284 Å². The van der Waals surface area contributed by atoms with E-state index in [1.165, 1.54) is 0 Å². The van der Waals surface area contributed by atoms with Gasteiger partial charge in [-0.2, -0.15) is 0 Å². The molecule has 0 spiro atoms. The van der Waals surface area contributed by atoms with Gasteiger partial charge in [-0.05, 0) is 12.5 Å². The van der Waals surface area contributed by atoms with E-state index in [-0.39, 0.29) is 51.9 Å². The summed E-state index contributed by atoms with van der Waals surface area (Å²) in [5, 5.41) is 11.0. The second-order valence-corrected chi connectivity index (χ2v) is 44.1. The Morgan fingerprint density at radius 3 is 0.821 bits per heavy atom. The van der Waals surface area contributed by atoms with Crippen LogP contribution in [0.25, 0.3) is 19.7 Å². The zero-order valence-corrected chi connectivity index (χ0v) is 38.5. The zero-order valence-electron chi connectivity index (χ0n) is 29.6. The van der Waals surface area contributed by atoms with E-state index in [4.69, 9.17) is 13.9 Å². The third-order valence-corrected chi connectivity index (χ3v) is 19.4. The van der Waals surface area contributed by atoms with Crippen LogP contribution < -0.4 is 5.11 Å². The fourth-order valence-corrected chi connectivity index (χ4v) is 27.9. The van der Waals surface area contributed by atoms with Gasteiger partial charge in [0.2, 0.25) is 0 Å². The molecule has 0 fully saturated rings. The summed E-state index contributed by atoms with van der Waals surface area (Å²) in [6, 6.07) is 9.23. The topological polar surface area (TPSA) is 65.4 Å². The first-order chi connectivity index (χ1) is 16.0. The molecule has 0 heterocycles. The Kier molecular flexibility index (Phi) is 27.3. The Bertz CT molecular complexity index is 660.